The highest BCUT2D eigenvalue weighted by molar-refractivity contribution is 7.63. The molecule has 2 aliphatic heterocycles. The number of aromatic amines is 1. The number of aliphatic hydroxyl groups is 1. The number of phosphoric acid groups is 1. The van der Waals surface area contributed by atoms with E-state index in [2.05, 4.69) is 19.3 Å². The standard InChI is InChI=1S/C15H19N7O10P2/c1-20-7-22(11-8(20)12(24)19-14(16)18-11)13-9-10(23)15(31-13,4-29-9)5-30-34(27,28)32-33(25,26)21-3-2-17-6-21/h2-3,6-7,9-10,13,23H,4-5H2,1H3,(H4-,16,18,19,24,25,26,27,28)/p+1/t9?,10-,13-,15-/m1/s1. The van der Waals surface area contributed by atoms with Crippen LogP contribution in [0.25, 0.3) is 11.2 Å². The summed E-state index contributed by atoms with van der Waals surface area (Å²) < 4.78 is 49.0. The van der Waals surface area contributed by atoms with E-state index in [9.17, 15) is 28.8 Å². The summed E-state index contributed by atoms with van der Waals surface area (Å²) in [5.41, 5.74) is 3.90. The summed E-state index contributed by atoms with van der Waals surface area (Å²) in [7, 11) is -8.29. The number of nitrogens with zero attached hydrogens (tertiary/aromatic N) is 5. The van der Waals surface area contributed by atoms with Crippen molar-refractivity contribution >= 4 is 32.7 Å². The van der Waals surface area contributed by atoms with Gasteiger partial charge in [-0.2, -0.15) is 4.31 Å². The lowest BCUT2D eigenvalue weighted by Gasteiger charge is -2.29. The van der Waals surface area contributed by atoms with Crippen LogP contribution in [0.2, 0.25) is 0 Å². The van der Waals surface area contributed by atoms with Crippen molar-refractivity contribution in [3.63, 3.8) is 0 Å². The number of anilines is 1. The predicted molar refractivity (Wildman–Crippen MR) is 109 cm³/mol. The van der Waals surface area contributed by atoms with Crippen LogP contribution in [0.5, 0.6) is 0 Å². The molecule has 6 atom stereocenters. The zero-order valence-electron chi connectivity index (χ0n) is 17.4. The number of imidazole rings is 2. The van der Waals surface area contributed by atoms with Crippen molar-refractivity contribution in [2.24, 2.45) is 7.05 Å². The molecule has 3 aromatic heterocycles. The molecule has 17 nitrogen and oxygen atoms in total. The Morgan fingerprint density at radius 1 is 1.44 bits per heavy atom. The molecule has 2 saturated heterocycles. The molecule has 2 aliphatic rings. The van der Waals surface area contributed by atoms with Crippen LogP contribution in [0.15, 0.2) is 29.8 Å². The number of nitrogens with two attached hydrogens (primary N) is 1. The Labute approximate surface area is 189 Å². The van der Waals surface area contributed by atoms with Gasteiger partial charge in [-0.05, 0) is 0 Å². The van der Waals surface area contributed by atoms with E-state index >= 15 is 0 Å². The third-order valence-electron chi connectivity index (χ3n) is 5.53. The van der Waals surface area contributed by atoms with Crippen molar-refractivity contribution in [2.45, 2.75) is 24.0 Å². The lowest BCUT2D eigenvalue weighted by atomic mass is 10.0. The molecule has 6 N–H and O–H groups in total. The second kappa shape index (κ2) is 7.78. The number of nitrogens with one attached hydrogen (secondary N) is 1. The van der Waals surface area contributed by atoms with Crippen LogP contribution >= 0.6 is 15.6 Å². The molecular formula is C15H20N7O10P2+. The van der Waals surface area contributed by atoms with E-state index < -0.39 is 51.8 Å². The summed E-state index contributed by atoms with van der Waals surface area (Å²) in [6.45, 7) is -0.935. The van der Waals surface area contributed by atoms with E-state index in [4.69, 9.17) is 19.7 Å². The van der Waals surface area contributed by atoms with Crippen LogP contribution in [0.3, 0.4) is 0 Å². The number of hydrogen-bond donors (Lipinski definition) is 5. The molecule has 2 fully saturated rings. The maximum atomic E-state index is 12.4. The van der Waals surface area contributed by atoms with Crippen molar-refractivity contribution in [1.82, 2.24) is 23.9 Å². The highest BCUT2D eigenvalue weighted by Gasteiger charge is 2.64. The minimum Gasteiger partial charge on any atom is -0.387 e. The molecule has 0 saturated carbocycles. The Morgan fingerprint density at radius 3 is 2.91 bits per heavy atom. The lowest BCUT2D eigenvalue weighted by molar-refractivity contribution is -0.752. The fourth-order valence-electron chi connectivity index (χ4n) is 3.99. The molecule has 34 heavy (non-hydrogen) atoms. The van der Waals surface area contributed by atoms with Gasteiger partial charge in [-0.1, -0.05) is 4.98 Å². The first-order valence-corrected chi connectivity index (χ1v) is 12.7. The van der Waals surface area contributed by atoms with Gasteiger partial charge in [0.2, 0.25) is 11.7 Å². The Morgan fingerprint density at radius 2 is 2.21 bits per heavy atom. The zero-order chi connectivity index (χ0) is 24.5. The summed E-state index contributed by atoms with van der Waals surface area (Å²) in [5.74, 6) is -0.134. The van der Waals surface area contributed by atoms with Gasteiger partial charge in [-0.15, -0.1) is 0 Å². The first-order valence-electron chi connectivity index (χ1n) is 9.66. The summed E-state index contributed by atoms with van der Waals surface area (Å²) in [6, 6.07) is 0. The number of aryl methyl sites for hydroxylation is 1. The van der Waals surface area contributed by atoms with Crippen LogP contribution in [0.4, 0.5) is 5.95 Å². The summed E-state index contributed by atoms with van der Waals surface area (Å²) >= 11 is 0. The van der Waals surface area contributed by atoms with E-state index in [1.807, 2.05) is 0 Å². The van der Waals surface area contributed by atoms with Gasteiger partial charge in [0.1, 0.15) is 24.1 Å². The molecule has 0 aliphatic carbocycles. The first-order chi connectivity index (χ1) is 15.9. The maximum absolute atomic E-state index is 12.4. The number of nitrogen functional groups attached to an aromatic ring is 1. The zero-order valence-corrected chi connectivity index (χ0v) is 19.2. The second-order valence-corrected chi connectivity index (χ2v) is 11.1. The molecule has 0 aromatic carbocycles. The summed E-state index contributed by atoms with van der Waals surface area (Å²) in [4.78, 5) is 42.3. The smallest absolute Gasteiger partial charge is 0.387 e. The third-order valence-corrected chi connectivity index (χ3v) is 8.49. The number of aliphatic hydroxyl groups excluding tert-OH is 1. The minimum absolute atomic E-state index is 0.134. The number of rotatable bonds is 7. The van der Waals surface area contributed by atoms with E-state index in [1.54, 1.807) is 7.05 Å². The van der Waals surface area contributed by atoms with E-state index in [-0.39, 0.29) is 23.7 Å². The number of fused-ring (bicyclic) bond motifs is 3. The summed E-state index contributed by atoms with van der Waals surface area (Å²) in [6.07, 6.45) is 1.39. The summed E-state index contributed by atoms with van der Waals surface area (Å²) in [5, 5.41) is 10.8. The van der Waals surface area contributed by atoms with Gasteiger partial charge in [0.05, 0.1) is 20.3 Å². The molecular weight excluding hydrogens is 500 g/mol. The first kappa shape index (κ1) is 23.3. The topological polar surface area (TPSA) is 230 Å². The Kier molecular flexibility index (Phi) is 5.33. The van der Waals surface area contributed by atoms with E-state index in [1.165, 1.54) is 21.7 Å². The molecule has 5 heterocycles. The van der Waals surface area contributed by atoms with E-state index in [0.29, 0.717) is 4.34 Å². The van der Waals surface area contributed by atoms with Crippen molar-refractivity contribution in [3.05, 3.63) is 35.4 Å². The van der Waals surface area contributed by atoms with Crippen molar-refractivity contribution in [1.29, 1.82) is 0 Å². The monoisotopic (exact) mass is 520 g/mol. The fourth-order valence-corrected chi connectivity index (χ4v) is 6.39. The normalized spacial score (nSPS) is 29.9. The number of hydrogen-bond acceptors (Lipinski definition) is 11. The molecule has 3 aromatic rings. The van der Waals surface area contributed by atoms with Crippen molar-refractivity contribution in [3.8, 4) is 0 Å². The minimum atomic E-state index is -5.10. The number of H-pyrrole nitrogens is 1. The molecule has 0 radical (unpaired) electrons. The van der Waals surface area contributed by atoms with Crippen molar-refractivity contribution in [2.75, 3.05) is 18.9 Å². The highest BCUT2D eigenvalue weighted by atomic mass is 31.3. The molecule has 19 heteroatoms. The molecule has 0 spiro atoms. The van der Waals surface area contributed by atoms with Crippen LogP contribution in [-0.4, -0.2) is 69.8 Å². The Balaban J connectivity index is 1.38. The van der Waals surface area contributed by atoms with Gasteiger partial charge in [-0.25, -0.2) is 23.0 Å². The SMILES string of the molecule is Cn1c[n+]([C@@H]2O[C@@]3(COP(=O)(O)OP(=O)(O)n4ccnc4)COC2[C@H]3O)c2nc(N)[nH]c(=O)c21. The van der Waals surface area contributed by atoms with E-state index in [0.717, 1.165) is 12.5 Å². The highest BCUT2D eigenvalue weighted by Crippen LogP contribution is 2.61. The lowest BCUT2D eigenvalue weighted by Crippen LogP contribution is -2.50. The average molecular weight is 520 g/mol. The molecule has 2 bridgehead atoms. The second-order valence-electron chi connectivity index (χ2n) is 7.81. The van der Waals surface area contributed by atoms with Gasteiger partial charge in [-0.3, -0.25) is 18.9 Å². The van der Waals surface area contributed by atoms with Crippen LogP contribution < -0.4 is 15.9 Å². The van der Waals surface area contributed by atoms with Gasteiger partial charge >= 0.3 is 21.2 Å². The Hall–Kier alpha value is -2.46. The molecule has 184 valence electrons. The third kappa shape index (κ3) is 3.71. The predicted octanol–water partition coefficient (Wildman–Crippen LogP) is -1.86. The van der Waals surface area contributed by atoms with Crippen LogP contribution in [-0.2, 0) is 34.5 Å². The number of aromatic nitrogens is 6. The molecule has 3 unspecified atom stereocenters. The van der Waals surface area contributed by atoms with Crippen LogP contribution in [0.1, 0.15) is 6.23 Å². The maximum Gasteiger partial charge on any atom is 0.480 e. The van der Waals surface area contributed by atoms with Crippen LogP contribution in [0, 0.1) is 0 Å². The van der Waals surface area contributed by atoms with Gasteiger partial charge in [0.25, 0.3) is 11.5 Å². The Bertz CT molecular complexity index is 1410. The van der Waals surface area contributed by atoms with Gasteiger partial charge in [0.15, 0.2) is 6.33 Å². The van der Waals surface area contributed by atoms with Gasteiger partial charge in [0, 0.05) is 12.4 Å². The quantitative estimate of drug-likeness (QED) is 0.170. The fraction of sp³-hybridized carbons (Fsp3) is 0.467. The largest absolute Gasteiger partial charge is 0.480 e. The average Bonchev–Trinajstić information content (AvgIpc) is 3.50. The molecule has 0 amide bonds. The molecule has 5 rings (SSSR count). The number of phosphoric ester groups is 1. The van der Waals surface area contributed by atoms with Gasteiger partial charge < -0.3 is 30.1 Å². The van der Waals surface area contributed by atoms with Crippen molar-refractivity contribution < 1.29 is 46.9 Å². The number of ether oxygens (including phenoxy) is 2.